The van der Waals surface area contributed by atoms with Gasteiger partial charge in [-0.05, 0) is 55.2 Å². The SMILES string of the molecule is CCCc1ccc(S(=O)(=O)N2CCCC(c3nnc(-c4ccc5c(c4)OCO5)o3)C2)cc1. The number of fused-ring (bicyclic) bond motifs is 1. The number of benzene rings is 2. The second-order valence-corrected chi connectivity index (χ2v) is 10.0. The van der Waals surface area contributed by atoms with E-state index in [9.17, 15) is 8.42 Å². The predicted molar refractivity (Wildman–Crippen MR) is 117 cm³/mol. The third kappa shape index (κ3) is 3.98. The fraction of sp³-hybridized carbons (Fsp3) is 0.391. The van der Waals surface area contributed by atoms with Crippen molar-refractivity contribution in [3.05, 3.63) is 53.9 Å². The van der Waals surface area contributed by atoms with Crippen molar-refractivity contribution in [1.29, 1.82) is 0 Å². The van der Waals surface area contributed by atoms with E-state index in [2.05, 4.69) is 17.1 Å². The van der Waals surface area contributed by atoms with Crippen molar-refractivity contribution < 1.29 is 22.3 Å². The van der Waals surface area contributed by atoms with Gasteiger partial charge in [-0.3, -0.25) is 0 Å². The van der Waals surface area contributed by atoms with Crippen molar-refractivity contribution >= 4 is 10.0 Å². The first kappa shape index (κ1) is 21.0. The molecule has 2 aliphatic rings. The quantitative estimate of drug-likeness (QED) is 0.555. The smallest absolute Gasteiger partial charge is 0.247 e. The molecule has 1 atom stereocenters. The van der Waals surface area contributed by atoms with Gasteiger partial charge in [0.15, 0.2) is 11.5 Å². The van der Waals surface area contributed by atoms with E-state index < -0.39 is 10.0 Å². The Balaban J connectivity index is 1.33. The maximum Gasteiger partial charge on any atom is 0.247 e. The molecule has 2 aromatic carbocycles. The number of aromatic nitrogens is 2. The standard InChI is InChI=1S/C23H25N3O5S/c1-2-4-16-6-9-19(10-7-16)32(27,28)26-12-3-5-18(14-26)23-25-24-22(31-23)17-8-11-20-21(13-17)30-15-29-20/h6-11,13,18H,2-5,12,14-15H2,1H3. The lowest BCUT2D eigenvalue weighted by atomic mass is 10.00. The van der Waals surface area contributed by atoms with Crippen molar-refractivity contribution in [1.82, 2.24) is 14.5 Å². The summed E-state index contributed by atoms with van der Waals surface area (Å²) in [6.07, 6.45) is 3.50. The topological polar surface area (TPSA) is 94.8 Å². The van der Waals surface area contributed by atoms with Gasteiger partial charge in [0, 0.05) is 18.7 Å². The summed E-state index contributed by atoms with van der Waals surface area (Å²) < 4.78 is 44.6. The molecule has 3 aromatic rings. The molecule has 0 radical (unpaired) electrons. The van der Waals surface area contributed by atoms with Crippen molar-refractivity contribution in [3.63, 3.8) is 0 Å². The van der Waals surface area contributed by atoms with Crippen LogP contribution < -0.4 is 9.47 Å². The van der Waals surface area contributed by atoms with Gasteiger partial charge < -0.3 is 13.9 Å². The summed E-state index contributed by atoms with van der Waals surface area (Å²) in [5, 5.41) is 8.40. The molecule has 168 valence electrons. The fourth-order valence-corrected chi connectivity index (χ4v) is 5.70. The average Bonchev–Trinajstić information content (AvgIpc) is 3.49. The molecule has 0 bridgehead atoms. The van der Waals surface area contributed by atoms with Gasteiger partial charge in [0.1, 0.15) is 0 Å². The molecule has 0 aliphatic carbocycles. The van der Waals surface area contributed by atoms with Gasteiger partial charge in [-0.25, -0.2) is 8.42 Å². The van der Waals surface area contributed by atoms with E-state index in [0.29, 0.717) is 41.3 Å². The minimum atomic E-state index is -3.57. The van der Waals surface area contributed by atoms with Gasteiger partial charge in [0.2, 0.25) is 28.6 Å². The van der Waals surface area contributed by atoms with Crippen molar-refractivity contribution in [2.45, 2.75) is 43.4 Å². The monoisotopic (exact) mass is 455 g/mol. The van der Waals surface area contributed by atoms with Crippen LogP contribution >= 0.6 is 0 Å². The van der Waals surface area contributed by atoms with Crippen LogP contribution in [0.25, 0.3) is 11.5 Å². The third-order valence-corrected chi connectivity index (χ3v) is 7.77. The second-order valence-electron chi connectivity index (χ2n) is 8.11. The van der Waals surface area contributed by atoms with Gasteiger partial charge in [-0.1, -0.05) is 25.5 Å². The minimum Gasteiger partial charge on any atom is -0.454 e. The molecule has 0 amide bonds. The van der Waals surface area contributed by atoms with Crippen LogP contribution in [0, 0.1) is 0 Å². The Bertz CT molecular complexity index is 1210. The van der Waals surface area contributed by atoms with Gasteiger partial charge in [0.05, 0.1) is 10.8 Å². The Morgan fingerprint density at radius 3 is 2.69 bits per heavy atom. The number of aryl methyl sites for hydroxylation is 1. The van der Waals surface area contributed by atoms with Crippen molar-refractivity contribution in [2.24, 2.45) is 0 Å². The lowest BCUT2D eigenvalue weighted by molar-refractivity contribution is 0.174. The molecule has 32 heavy (non-hydrogen) atoms. The first-order valence-electron chi connectivity index (χ1n) is 10.9. The lowest BCUT2D eigenvalue weighted by Crippen LogP contribution is -2.39. The minimum absolute atomic E-state index is 0.145. The number of sulfonamides is 1. The van der Waals surface area contributed by atoms with E-state index in [1.54, 1.807) is 18.2 Å². The van der Waals surface area contributed by atoms with Crippen LogP contribution in [0.2, 0.25) is 0 Å². The summed E-state index contributed by atoms with van der Waals surface area (Å²) in [7, 11) is -3.57. The van der Waals surface area contributed by atoms with Gasteiger partial charge in [-0.2, -0.15) is 4.31 Å². The number of nitrogens with zero attached hydrogens (tertiary/aromatic N) is 3. The molecule has 3 heterocycles. The zero-order chi connectivity index (χ0) is 22.1. The molecule has 0 N–H and O–H groups in total. The lowest BCUT2D eigenvalue weighted by Gasteiger charge is -2.30. The van der Waals surface area contributed by atoms with Crippen LogP contribution in [-0.2, 0) is 16.4 Å². The highest BCUT2D eigenvalue weighted by Crippen LogP contribution is 2.36. The normalized spacial score (nSPS) is 18.7. The highest BCUT2D eigenvalue weighted by atomic mass is 32.2. The largest absolute Gasteiger partial charge is 0.454 e. The van der Waals surface area contributed by atoms with E-state index in [4.69, 9.17) is 13.9 Å². The zero-order valence-electron chi connectivity index (χ0n) is 17.9. The van der Waals surface area contributed by atoms with E-state index >= 15 is 0 Å². The Hall–Kier alpha value is -2.91. The van der Waals surface area contributed by atoms with E-state index in [0.717, 1.165) is 36.8 Å². The van der Waals surface area contributed by atoms with Gasteiger partial charge in [-0.15, -0.1) is 10.2 Å². The van der Waals surface area contributed by atoms with Crippen molar-refractivity contribution in [3.8, 4) is 23.0 Å². The molecule has 1 fully saturated rings. The molecule has 5 rings (SSSR count). The zero-order valence-corrected chi connectivity index (χ0v) is 18.7. The second kappa shape index (κ2) is 8.55. The molecule has 2 aliphatic heterocycles. The molecule has 0 spiro atoms. The summed E-state index contributed by atoms with van der Waals surface area (Å²) in [6, 6.07) is 12.6. The molecule has 1 aromatic heterocycles. The maximum atomic E-state index is 13.2. The van der Waals surface area contributed by atoms with Crippen LogP contribution in [-0.4, -0.2) is 42.8 Å². The first-order chi connectivity index (χ1) is 15.5. The number of piperidine rings is 1. The van der Waals surface area contributed by atoms with Gasteiger partial charge in [0.25, 0.3) is 0 Å². The molecule has 8 nitrogen and oxygen atoms in total. The number of rotatable bonds is 6. The average molecular weight is 456 g/mol. The molecule has 0 saturated carbocycles. The van der Waals surface area contributed by atoms with Crippen LogP contribution in [0.4, 0.5) is 0 Å². The molecule has 1 unspecified atom stereocenters. The summed E-state index contributed by atoms with van der Waals surface area (Å²) in [6.45, 7) is 3.11. The Kier molecular flexibility index (Phi) is 5.60. The number of hydrogen-bond donors (Lipinski definition) is 0. The summed E-state index contributed by atoms with van der Waals surface area (Å²) in [5.74, 6) is 2.01. The summed E-state index contributed by atoms with van der Waals surface area (Å²) in [4.78, 5) is 0.324. The van der Waals surface area contributed by atoms with E-state index in [1.165, 1.54) is 4.31 Å². The Labute approximate surface area is 187 Å². The van der Waals surface area contributed by atoms with Crippen molar-refractivity contribution in [2.75, 3.05) is 19.9 Å². The maximum absolute atomic E-state index is 13.2. The number of hydrogen-bond acceptors (Lipinski definition) is 7. The fourth-order valence-electron chi connectivity index (χ4n) is 4.17. The molecule has 1 saturated heterocycles. The number of ether oxygens (including phenoxy) is 2. The summed E-state index contributed by atoms with van der Waals surface area (Å²) >= 11 is 0. The highest BCUT2D eigenvalue weighted by Gasteiger charge is 2.33. The van der Waals surface area contributed by atoms with Crippen LogP contribution in [0.1, 0.15) is 43.6 Å². The van der Waals surface area contributed by atoms with Crippen LogP contribution in [0.3, 0.4) is 0 Å². The van der Waals surface area contributed by atoms with Crippen LogP contribution in [0.15, 0.2) is 51.8 Å². The Morgan fingerprint density at radius 1 is 1.06 bits per heavy atom. The third-order valence-electron chi connectivity index (χ3n) is 5.89. The molecule has 9 heteroatoms. The van der Waals surface area contributed by atoms with Gasteiger partial charge >= 0.3 is 0 Å². The Morgan fingerprint density at radius 2 is 1.88 bits per heavy atom. The first-order valence-corrected chi connectivity index (χ1v) is 12.3. The highest BCUT2D eigenvalue weighted by molar-refractivity contribution is 7.89. The summed E-state index contributed by atoms with van der Waals surface area (Å²) in [5.41, 5.74) is 1.88. The molecular weight excluding hydrogens is 430 g/mol. The van der Waals surface area contributed by atoms with E-state index in [-0.39, 0.29) is 12.7 Å². The van der Waals surface area contributed by atoms with Crippen LogP contribution in [0.5, 0.6) is 11.5 Å². The predicted octanol–water partition coefficient (Wildman–Crippen LogP) is 3.99. The molecular formula is C23H25N3O5S. The van der Waals surface area contributed by atoms with E-state index in [1.807, 2.05) is 24.3 Å².